The molecule has 1 aliphatic rings. The maximum atomic E-state index is 12.8. The Hall–Kier alpha value is -4.66. The van der Waals surface area contributed by atoms with E-state index < -0.39 is 23.4 Å². The molecule has 1 N–H and O–H groups in total. The molecule has 0 radical (unpaired) electrons. The van der Waals surface area contributed by atoms with Crippen LogP contribution < -0.4 is 9.47 Å². The summed E-state index contributed by atoms with van der Waals surface area (Å²) in [7, 11) is 6.29. The van der Waals surface area contributed by atoms with Gasteiger partial charge in [0, 0.05) is 13.5 Å². The second-order valence-corrected chi connectivity index (χ2v) is 13.9. The Morgan fingerprint density at radius 3 is 1.37 bits per heavy atom. The number of benzene rings is 5. The molecule has 5 aromatic rings. The summed E-state index contributed by atoms with van der Waals surface area (Å²) in [4.78, 5) is 5.68. The van der Waals surface area contributed by atoms with Crippen molar-refractivity contribution in [3.8, 4) is 11.5 Å². The largest absolute Gasteiger partial charge is 0.497 e. The quantitative estimate of drug-likeness (QED) is 0.0593. The van der Waals surface area contributed by atoms with Crippen LogP contribution in [0.25, 0.3) is 0 Å². The number of hydrogen-bond donors (Lipinski definition) is 1. The molecule has 1 fully saturated rings. The van der Waals surface area contributed by atoms with Crippen LogP contribution in [-0.4, -0.2) is 75.2 Å². The van der Waals surface area contributed by atoms with Crippen LogP contribution in [0.1, 0.15) is 34.2 Å². The minimum Gasteiger partial charge on any atom is -0.497 e. The molecule has 57 heavy (non-hydrogen) atoms. The van der Waals surface area contributed by atoms with E-state index in [1.54, 1.807) is 21.3 Å². The summed E-state index contributed by atoms with van der Waals surface area (Å²) in [6.45, 7) is 0.592. The summed E-state index contributed by atoms with van der Waals surface area (Å²) >= 11 is 0. The van der Waals surface area contributed by atoms with E-state index in [0.717, 1.165) is 39.3 Å². The average molecular weight is 780 g/mol. The maximum absolute atomic E-state index is 12.8. The van der Waals surface area contributed by atoms with E-state index in [2.05, 4.69) is 0 Å². The zero-order valence-electron chi connectivity index (χ0n) is 33.1. The minimum atomic E-state index is -2.17. The third kappa shape index (κ3) is 10.6. The summed E-state index contributed by atoms with van der Waals surface area (Å²) in [6, 6.07) is 44.6. The van der Waals surface area contributed by atoms with Crippen LogP contribution in [-0.2, 0) is 66.3 Å². The third-order valence-electron chi connectivity index (χ3n) is 10.1. The van der Waals surface area contributed by atoms with E-state index in [1.165, 1.54) is 12.2 Å². The predicted molar refractivity (Wildman–Crippen MR) is 214 cm³/mol. The first kappa shape index (κ1) is 42.0. The molecule has 0 aromatic heterocycles. The van der Waals surface area contributed by atoms with Gasteiger partial charge in [-0.3, -0.25) is 4.84 Å². The lowest BCUT2D eigenvalue weighted by atomic mass is 9.83. The number of ether oxygens (including phenoxy) is 8. The Balaban J connectivity index is 1.44. The average Bonchev–Trinajstić information content (AvgIpc) is 3.26. The topological polar surface area (TPSA) is 107 Å². The van der Waals surface area contributed by atoms with Crippen molar-refractivity contribution >= 4 is 0 Å². The fraction of sp³-hybridized carbons (Fsp3) is 0.348. The second-order valence-electron chi connectivity index (χ2n) is 13.9. The molecule has 302 valence electrons. The van der Waals surface area contributed by atoms with Crippen LogP contribution in [0.15, 0.2) is 140 Å². The number of nitrogens with zero attached hydrogens (tertiary/aromatic N) is 1. The summed E-state index contributed by atoms with van der Waals surface area (Å²) in [5, 5.41) is 14.0. The fourth-order valence-corrected chi connectivity index (χ4v) is 6.73. The van der Waals surface area contributed by atoms with E-state index in [-0.39, 0.29) is 52.7 Å². The molecule has 0 saturated carbocycles. The lowest BCUT2D eigenvalue weighted by molar-refractivity contribution is -0.509. The molecule has 0 amide bonds. The number of methoxy groups -OCH3 is 2. The lowest BCUT2D eigenvalue weighted by Gasteiger charge is -2.58. The molecule has 2 atom stereocenters. The Morgan fingerprint density at radius 2 is 0.965 bits per heavy atom. The number of likely N-dealkylation sites (N-methyl/N-ethyl adjacent to an activating group) is 1. The van der Waals surface area contributed by atoms with Crippen LogP contribution in [0.5, 0.6) is 11.5 Å². The number of rotatable bonds is 21. The zero-order valence-corrected chi connectivity index (χ0v) is 33.1. The summed E-state index contributed by atoms with van der Waals surface area (Å²) < 4.78 is 51.6. The van der Waals surface area contributed by atoms with Gasteiger partial charge in [-0.1, -0.05) is 115 Å². The third-order valence-corrected chi connectivity index (χ3v) is 10.1. The molecular weight excluding hydrogens is 727 g/mol. The van der Waals surface area contributed by atoms with Gasteiger partial charge in [-0.25, -0.2) is 0 Å². The SMILES string of the molecule is COc1ccc(COCC2(COCc3ccc(OC)cc3)OC(O)(N(C)OC)C(OCc3ccccc3)CC2(OCc2ccccc2)OCc2ccccc2)cc1. The van der Waals surface area contributed by atoms with Gasteiger partial charge in [0.25, 0.3) is 5.91 Å². The molecule has 1 saturated heterocycles. The van der Waals surface area contributed by atoms with Crippen molar-refractivity contribution in [2.24, 2.45) is 0 Å². The zero-order chi connectivity index (χ0) is 40.0. The van der Waals surface area contributed by atoms with Gasteiger partial charge in [0.05, 0.1) is 67.6 Å². The lowest BCUT2D eigenvalue weighted by Crippen LogP contribution is -2.77. The number of aliphatic hydroxyl groups is 1. The normalized spacial score (nSPS) is 18.7. The summed E-state index contributed by atoms with van der Waals surface area (Å²) in [5.74, 6) is -2.35. The van der Waals surface area contributed by atoms with E-state index in [1.807, 2.05) is 140 Å². The van der Waals surface area contributed by atoms with E-state index in [0.29, 0.717) is 0 Å². The van der Waals surface area contributed by atoms with Gasteiger partial charge in [0.15, 0.2) is 5.60 Å². The first-order valence-electron chi connectivity index (χ1n) is 18.9. The first-order chi connectivity index (χ1) is 27.8. The molecule has 0 spiro atoms. The van der Waals surface area contributed by atoms with Crippen LogP contribution in [0.3, 0.4) is 0 Å². The first-order valence-corrected chi connectivity index (χ1v) is 18.9. The Morgan fingerprint density at radius 1 is 0.561 bits per heavy atom. The summed E-state index contributed by atoms with van der Waals surface area (Å²) in [5.41, 5.74) is 2.88. The van der Waals surface area contributed by atoms with Crippen molar-refractivity contribution in [1.82, 2.24) is 5.06 Å². The highest BCUT2D eigenvalue weighted by molar-refractivity contribution is 5.28. The molecule has 0 bridgehead atoms. The molecule has 5 aromatic carbocycles. The minimum absolute atomic E-state index is 0.0124. The Labute approximate surface area is 335 Å². The molecular formula is C46H53NO10. The highest BCUT2D eigenvalue weighted by Gasteiger charge is 2.68. The van der Waals surface area contributed by atoms with Gasteiger partial charge >= 0.3 is 0 Å². The van der Waals surface area contributed by atoms with Crippen LogP contribution in [0, 0.1) is 0 Å². The molecule has 1 heterocycles. The van der Waals surface area contributed by atoms with Crippen molar-refractivity contribution in [1.29, 1.82) is 0 Å². The van der Waals surface area contributed by atoms with E-state index in [9.17, 15) is 5.11 Å². The monoisotopic (exact) mass is 779 g/mol. The van der Waals surface area contributed by atoms with Gasteiger partial charge in [-0.2, -0.15) is 0 Å². The highest BCUT2D eigenvalue weighted by Crippen LogP contribution is 2.49. The van der Waals surface area contributed by atoms with E-state index >= 15 is 0 Å². The van der Waals surface area contributed by atoms with Crippen LogP contribution >= 0.6 is 0 Å². The van der Waals surface area contributed by atoms with Crippen LogP contribution in [0.2, 0.25) is 0 Å². The molecule has 11 heteroatoms. The van der Waals surface area contributed by atoms with Crippen molar-refractivity contribution < 1.29 is 47.8 Å². The molecule has 0 aliphatic carbocycles. The Bertz CT molecular complexity index is 1800. The van der Waals surface area contributed by atoms with Crippen molar-refractivity contribution in [3.63, 3.8) is 0 Å². The standard InChI is InChI=1S/C46H53NO10/c1-47(51-4)46(48)43(54-31-36-14-8-5-9-15-36)28-45(55-32-37-16-10-6-11-17-37,56-33-38-18-12-7-13-19-38)44(57-46,34-52-29-39-20-24-41(49-2)25-21-39)35-53-30-40-22-26-42(50-3)27-23-40/h5-27,43,48H,28-35H2,1-4H3. The maximum Gasteiger partial charge on any atom is 0.278 e. The van der Waals surface area contributed by atoms with Gasteiger partial charge in [0.2, 0.25) is 5.79 Å². The van der Waals surface area contributed by atoms with Gasteiger partial charge < -0.3 is 43.0 Å². The van der Waals surface area contributed by atoms with Gasteiger partial charge in [-0.15, -0.1) is 5.06 Å². The van der Waals surface area contributed by atoms with Gasteiger partial charge in [-0.05, 0) is 52.1 Å². The second kappa shape index (κ2) is 20.2. The van der Waals surface area contributed by atoms with Crippen molar-refractivity contribution in [2.45, 2.75) is 62.9 Å². The molecule has 2 unspecified atom stereocenters. The smallest absolute Gasteiger partial charge is 0.278 e. The van der Waals surface area contributed by atoms with Gasteiger partial charge in [0.1, 0.15) is 17.6 Å². The molecule has 11 nitrogen and oxygen atoms in total. The molecule has 1 aliphatic heterocycles. The van der Waals surface area contributed by atoms with Crippen molar-refractivity contribution in [2.75, 3.05) is 41.6 Å². The number of hydrogen-bond acceptors (Lipinski definition) is 11. The predicted octanol–water partition coefficient (Wildman–Crippen LogP) is 7.45. The van der Waals surface area contributed by atoms with E-state index in [4.69, 9.17) is 42.7 Å². The fourth-order valence-electron chi connectivity index (χ4n) is 6.73. The molecule has 6 rings (SSSR count). The van der Waals surface area contributed by atoms with Crippen molar-refractivity contribution in [3.05, 3.63) is 167 Å². The highest BCUT2D eigenvalue weighted by atomic mass is 16.8. The number of hydroxylamine groups is 2. The Kier molecular flexibility index (Phi) is 14.8. The summed E-state index contributed by atoms with van der Waals surface area (Å²) in [6.07, 6.45) is -1.08. The van der Waals surface area contributed by atoms with Crippen LogP contribution in [0.4, 0.5) is 0 Å².